The van der Waals surface area contributed by atoms with Crippen LogP contribution in [0, 0.1) is 5.92 Å². The molecule has 0 saturated carbocycles. The van der Waals surface area contributed by atoms with E-state index in [4.69, 9.17) is 0 Å². The fraction of sp³-hybridized carbons (Fsp3) is 0.857. The first-order valence-electron chi connectivity index (χ1n) is 7.81. The zero-order valence-corrected chi connectivity index (χ0v) is 13.9. The Balaban J connectivity index is 1.59. The summed E-state index contributed by atoms with van der Waals surface area (Å²) >= 11 is 0. The van der Waals surface area contributed by atoms with Crippen LogP contribution in [-0.2, 0) is 19.4 Å². The van der Waals surface area contributed by atoms with Gasteiger partial charge in [0.2, 0.25) is 11.8 Å². The molecule has 2 aliphatic heterocycles. The van der Waals surface area contributed by atoms with Crippen LogP contribution in [0.1, 0.15) is 19.8 Å². The van der Waals surface area contributed by atoms with Gasteiger partial charge in [-0.05, 0) is 12.3 Å². The number of piperazine rings is 1. The lowest BCUT2D eigenvalue weighted by Crippen LogP contribution is -2.48. The fourth-order valence-corrected chi connectivity index (χ4v) is 4.79. The minimum Gasteiger partial charge on any atom is -0.356 e. The zero-order valence-electron chi connectivity index (χ0n) is 13.1. The molecular weight excluding hydrogens is 306 g/mol. The third-order valence-electron chi connectivity index (χ3n) is 4.39. The third kappa shape index (κ3) is 5.24. The molecule has 2 saturated heterocycles. The number of rotatable bonds is 5. The summed E-state index contributed by atoms with van der Waals surface area (Å²) in [5, 5.41) is 2.83. The number of nitrogens with zero attached hydrogens (tertiary/aromatic N) is 2. The van der Waals surface area contributed by atoms with E-state index in [9.17, 15) is 18.0 Å². The predicted molar refractivity (Wildman–Crippen MR) is 83.1 cm³/mol. The molecule has 0 aromatic heterocycles. The summed E-state index contributed by atoms with van der Waals surface area (Å²) in [5.41, 5.74) is 0. The minimum atomic E-state index is -2.88. The van der Waals surface area contributed by atoms with Crippen molar-refractivity contribution < 1.29 is 18.0 Å². The van der Waals surface area contributed by atoms with Gasteiger partial charge in [0.05, 0.1) is 11.5 Å². The van der Waals surface area contributed by atoms with Gasteiger partial charge < -0.3 is 10.2 Å². The van der Waals surface area contributed by atoms with Gasteiger partial charge in [-0.1, -0.05) is 0 Å². The van der Waals surface area contributed by atoms with Crippen LogP contribution in [0.3, 0.4) is 0 Å². The van der Waals surface area contributed by atoms with E-state index in [2.05, 4.69) is 10.2 Å². The van der Waals surface area contributed by atoms with Gasteiger partial charge in [0, 0.05) is 52.6 Å². The quantitative estimate of drug-likeness (QED) is 0.705. The molecule has 0 aromatic rings. The maximum Gasteiger partial charge on any atom is 0.221 e. The Morgan fingerprint density at radius 2 is 1.86 bits per heavy atom. The summed E-state index contributed by atoms with van der Waals surface area (Å²) in [6.45, 7) is 5.75. The van der Waals surface area contributed by atoms with Gasteiger partial charge in [0.1, 0.15) is 0 Å². The van der Waals surface area contributed by atoms with Gasteiger partial charge in [0.15, 0.2) is 9.84 Å². The highest BCUT2D eigenvalue weighted by atomic mass is 32.2. The Labute approximate surface area is 131 Å². The van der Waals surface area contributed by atoms with Crippen molar-refractivity contribution in [1.29, 1.82) is 0 Å². The molecule has 0 bridgehead atoms. The second-order valence-electron chi connectivity index (χ2n) is 6.17. The van der Waals surface area contributed by atoms with Crippen molar-refractivity contribution in [3.63, 3.8) is 0 Å². The van der Waals surface area contributed by atoms with Crippen molar-refractivity contribution in [3.8, 4) is 0 Å². The van der Waals surface area contributed by atoms with Crippen molar-refractivity contribution in [2.45, 2.75) is 19.8 Å². The lowest BCUT2D eigenvalue weighted by Gasteiger charge is -2.34. The molecule has 2 amide bonds. The highest BCUT2D eigenvalue weighted by molar-refractivity contribution is 7.91. The number of hydrogen-bond donors (Lipinski definition) is 1. The zero-order chi connectivity index (χ0) is 16.2. The smallest absolute Gasteiger partial charge is 0.221 e. The molecule has 8 heteroatoms. The van der Waals surface area contributed by atoms with Crippen LogP contribution in [0.2, 0.25) is 0 Å². The Morgan fingerprint density at radius 3 is 2.41 bits per heavy atom. The molecule has 2 heterocycles. The van der Waals surface area contributed by atoms with Crippen LogP contribution in [0.25, 0.3) is 0 Å². The number of hydrogen-bond acceptors (Lipinski definition) is 5. The minimum absolute atomic E-state index is 0.0294. The van der Waals surface area contributed by atoms with Gasteiger partial charge in [-0.15, -0.1) is 0 Å². The molecule has 0 aliphatic carbocycles. The molecule has 126 valence electrons. The standard InChI is InChI=1S/C14H25N3O4S/c1-12(18)17-7-5-16(6-8-17)4-2-14(19)15-10-13-3-9-22(20,21)11-13/h13H,2-11H2,1H3,(H,15,19). The monoisotopic (exact) mass is 331 g/mol. The van der Waals surface area contributed by atoms with Gasteiger partial charge >= 0.3 is 0 Å². The molecule has 1 unspecified atom stereocenters. The SMILES string of the molecule is CC(=O)N1CCN(CCC(=O)NCC2CCS(=O)(=O)C2)CC1. The lowest BCUT2D eigenvalue weighted by molar-refractivity contribution is -0.131. The lowest BCUT2D eigenvalue weighted by atomic mass is 10.1. The van der Waals surface area contributed by atoms with Gasteiger partial charge in [-0.3, -0.25) is 14.5 Å². The maximum atomic E-state index is 11.8. The van der Waals surface area contributed by atoms with Gasteiger partial charge in [-0.25, -0.2) is 8.42 Å². The third-order valence-corrected chi connectivity index (χ3v) is 6.22. The molecule has 2 rings (SSSR count). The van der Waals surface area contributed by atoms with Crippen LogP contribution in [0.4, 0.5) is 0 Å². The van der Waals surface area contributed by atoms with E-state index in [0.29, 0.717) is 25.9 Å². The fourth-order valence-electron chi connectivity index (χ4n) is 2.93. The highest BCUT2D eigenvalue weighted by Crippen LogP contribution is 2.17. The summed E-state index contributed by atoms with van der Waals surface area (Å²) in [6.07, 6.45) is 1.06. The normalized spacial score (nSPS) is 25.1. The van der Waals surface area contributed by atoms with E-state index in [1.807, 2.05) is 4.90 Å². The Morgan fingerprint density at radius 1 is 1.18 bits per heavy atom. The first kappa shape index (κ1) is 17.2. The van der Waals surface area contributed by atoms with Crippen LogP contribution >= 0.6 is 0 Å². The average molecular weight is 331 g/mol. The van der Waals surface area contributed by atoms with E-state index >= 15 is 0 Å². The molecule has 1 atom stereocenters. The molecule has 2 fully saturated rings. The first-order chi connectivity index (χ1) is 10.4. The molecular formula is C14H25N3O4S. The van der Waals surface area contributed by atoms with Gasteiger partial charge in [-0.2, -0.15) is 0 Å². The van der Waals surface area contributed by atoms with E-state index < -0.39 is 9.84 Å². The van der Waals surface area contributed by atoms with Crippen molar-refractivity contribution in [1.82, 2.24) is 15.1 Å². The molecule has 0 spiro atoms. The van der Waals surface area contributed by atoms with E-state index in [1.54, 1.807) is 6.92 Å². The van der Waals surface area contributed by atoms with Crippen LogP contribution in [-0.4, -0.2) is 80.8 Å². The largest absolute Gasteiger partial charge is 0.356 e. The van der Waals surface area contributed by atoms with Crippen molar-refractivity contribution in [2.75, 3.05) is 50.8 Å². The Kier molecular flexibility index (Phi) is 5.80. The second-order valence-corrected chi connectivity index (χ2v) is 8.40. The van der Waals surface area contributed by atoms with Crippen molar-refractivity contribution in [3.05, 3.63) is 0 Å². The Bertz CT molecular complexity index is 512. The molecule has 1 N–H and O–H groups in total. The van der Waals surface area contributed by atoms with Crippen molar-refractivity contribution >= 4 is 21.7 Å². The number of carbonyl (C=O) groups is 2. The first-order valence-corrected chi connectivity index (χ1v) is 9.63. The molecule has 0 aromatic carbocycles. The maximum absolute atomic E-state index is 11.8. The average Bonchev–Trinajstić information content (AvgIpc) is 2.82. The number of sulfone groups is 1. The molecule has 0 radical (unpaired) electrons. The topological polar surface area (TPSA) is 86.8 Å². The number of nitrogens with one attached hydrogen (secondary N) is 1. The molecule has 2 aliphatic rings. The predicted octanol–water partition coefficient (Wildman–Crippen LogP) is -0.908. The van der Waals surface area contributed by atoms with Crippen LogP contribution in [0.5, 0.6) is 0 Å². The summed E-state index contributed by atoms with van der Waals surface area (Å²) < 4.78 is 22.7. The molecule has 7 nitrogen and oxygen atoms in total. The number of amides is 2. The summed E-state index contributed by atoms with van der Waals surface area (Å²) in [5.74, 6) is 0.573. The van der Waals surface area contributed by atoms with Gasteiger partial charge in [0.25, 0.3) is 0 Å². The summed E-state index contributed by atoms with van der Waals surface area (Å²) in [7, 11) is -2.88. The Hall–Kier alpha value is -1.15. The highest BCUT2D eigenvalue weighted by Gasteiger charge is 2.28. The number of carbonyl (C=O) groups excluding carboxylic acids is 2. The van der Waals surface area contributed by atoms with E-state index in [0.717, 1.165) is 26.2 Å². The van der Waals surface area contributed by atoms with E-state index in [-0.39, 0.29) is 29.2 Å². The molecule has 22 heavy (non-hydrogen) atoms. The van der Waals surface area contributed by atoms with E-state index in [1.165, 1.54) is 0 Å². The van der Waals surface area contributed by atoms with Crippen LogP contribution < -0.4 is 5.32 Å². The second kappa shape index (κ2) is 7.41. The van der Waals surface area contributed by atoms with Crippen LogP contribution in [0.15, 0.2) is 0 Å². The summed E-state index contributed by atoms with van der Waals surface area (Å²) in [4.78, 5) is 27.0. The van der Waals surface area contributed by atoms with Crippen molar-refractivity contribution in [2.24, 2.45) is 5.92 Å². The summed E-state index contributed by atoms with van der Waals surface area (Å²) in [6, 6.07) is 0.